The number of likely N-dealkylation sites (N-methyl/N-ethyl adjacent to an activating group) is 1. The molecule has 188 valence electrons. The summed E-state index contributed by atoms with van der Waals surface area (Å²) in [6.07, 6.45) is 1.47. The van der Waals surface area contributed by atoms with Gasteiger partial charge in [0.1, 0.15) is 13.2 Å². The number of ketones is 1. The average Bonchev–Trinajstić information content (AvgIpc) is 3.41. The van der Waals surface area contributed by atoms with Crippen LogP contribution in [-0.2, 0) is 22.8 Å². The number of hydrogen-bond donors (Lipinski definition) is 0. The quantitative estimate of drug-likeness (QED) is 0.223. The van der Waals surface area contributed by atoms with E-state index in [1.165, 1.54) is 11.1 Å². The molecule has 1 aliphatic rings. The second kappa shape index (κ2) is 9.45. The highest BCUT2D eigenvalue weighted by atomic mass is 35.5. The second-order valence-corrected chi connectivity index (χ2v) is 9.58. The molecule has 4 aromatic carbocycles. The van der Waals surface area contributed by atoms with Crippen LogP contribution >= 0.6 is 11.6 Å². The van der Waals surface area contributed by atoms with Crippen LogP contribution in [0.4, 0.5) is 5.69 Å². The van der Waals surface area contributed by atoms with E-state index >= 15 is 0 Å². The van der Waals surface area contributed by atoms with Gasteiger partial charge in [-0.25, -0.2) is 0 Å². The molecule has 38 heavy (non-hydrogen) atoms. The molecule has 1 aromatic heterocycles. The standard InChI is InChI=1S/C30H21ClN2O5/c1-32(23-10-8-22(31)9-11-23)28(34)16-33-15-25(29(35)20-7-6-18-4-2-3-5-19(18)12-20)30(36)24-14-27-21(13-26(24)33)17-37-38-27/h2-15H,16-17H2,1H3. The highest BCUT2D eigenvalue weighted by Crippen LogP contribution is 2.30. The van der Waals surface area contributed by atoms with Crippen LogP contribution in [0.15, 0.2) is 89.9 Å². The fourth-order valence-electron chi connectivity index (χ4n) is 4.65. The van der Waals surface area contributed by atoms with Crippen LogP contribution in [0.25, 0.3) is 21.7 Å². The van der Waals surface area contributed by atoms with Crippen molar-refractivity contribution in [2.24, 2.45) is 0 Å². The van der Waals surface area contributed by atoms with E-state index in [1.807, 2.05) is 30.3 Å². The number of fused-ring (bicyclic) bond motifs is 3. The Morgan fingerprint density at radius 2 is 1.74 bits per heavy atom. The first-order valence-electron chi connectivity index (χ1n) is 11.9. The van der Waals surface area contributed by atoms with E-state index in [4.69, 9.17) is 21.4 Å². The maximum absolute atomic E-state index is 13.6. The molecule has 2 heterocycles. The summed E-state index contributed by atoms with van der Waals surface area (Å²) < 4.78 is 1.64. The number of aromatic nitrogens is 1. The fourth-order valence-corrected chi connectivity index (χ4v) is 4.77. The lowest BCUT2D eigenvalue weighted by atomic mass is 9.99. The zero-order valence-electron chi connectivity index (χ0n) is 20.3. The van der Waals surface area contributed by atoms with Crippen molar-refractivity contribution in [1.82, 2.24) is 4.57 Å². The van der Waals surface area contributed by atoms with Crippen LogP contribution in [0.3, 0.4) is 0 Å². The monoisotopic (exact) mass is 524 g/mol. The van der Waals surface area contributed by atoms with Crippen LogP contribution in [0.5, 0.6) is 5.75 Å². The van der Waals surface area contributed by atoms with Gasteiger partial charge in [-0.1, -0.05) is 48.0 Å². The van der Waals surface area contributed by atoms with Crippen LogP contribution in [0, 0.1) is 0 Å². The molecule has 0 fully saturated rings. The molecule has 8 heteroatoms. The Morgan fingerprint density at radius 1 is 0.974 bits per heavy atom. The molecule has 0 aliphatic carbocycles. The first-order valence-corrected chi connectivity index (χ1v) is 12.3. The number of carbonyl (C=O) groups is 2. The molecule has 0 N–H and O–H groups in total. The van der Waals surface area contributed by atoms with Crippen molar-refractivity contribution in [2.45, 2.75) is 13.2 Å². The largest absolute Gasteiger partial charge is 0.337 e. The van der Waals surface area contributed by atoms with E-state index in [0.29, 0.717) is 27.5 Å². The molecular weight excluding hydrogens is 504 g/mol. The molecule has 1 amide bonds. The summed E-state index contributed by atoms with van der Waals surface area (Å²) in [5, 5.41) is 2.71. The van der Waals surface area contributed by atoms with Gasteiger partial charge in [0.25, 0.3) is 0 Å². The highest BCUT2D eigenvalue weighted by Gasteiger charge is 2.23. The third-order valence-corrected chi connectivity index (χ3v) is 7.03. The van der Waals surface area contributed by atoms with Gasteiger partial charge in [0.15, 0.2) is 11.5 Å². The predicted molar refractivity (Wildman–Crippen MR) is 146 cm³/mol. The zero-order valence-corrected chi connectivity index (χ0v) is 21.1. The van der Waals surface area contributed by atoms with Crippen LogP contribution in [0.1, 0.15) is 21.5 Å². The maximum Gasteiger partial charge on any atom is 0.246 e. The summed E-state index contributed by atoms with van der Waals surface area (Å²) in [5.74, 6) is -0.247. The lowest BCUT2D eigenvalue weighted by Crippen LogP contribution is -2.31. The van der Waals surface area contributed by atoms with Crippen LogP contribution < -0.4 is 15.2 Å². The highest BCUT2D eigenvalue weighted by molar-refractivity contribution is 6.30. The molecule has 0 saturated carbocycles. The molecular formula is C30H21ClN2O5. The van der Waals surface area contributed by atoms with E-state index < -0.39 is 11.2 Å². The number of amides is 1. The smallest absolute Gasteiger partial charge is 0.246 e. The molecule has 0 spiro atoms. The average molecular weight is 525 g/mol. The van der Waals surface area contributed by atoms with Gasteiger partial charge in [0.2, 0.25) is 11.3 Å². The summed E-state index contributed by atoms with van der Waals surface area (Å²) in [5.41, 5.74) is 1.84. The summed E-state index contributed by atoms with van der Waals surface area (Å²) in [7, 11) is 1.66. The number of pyridine rings is 1. The normalized spacial score (nSPS) is 12.4. The van der Waals surface area contributed by atoms with Crippen molar-refractivity contribution in [3.63, 3.8) is 0 Å². The molecule has 5 aromatic rings. The van der Waals surface area contributed by atoms with Crippen LogP contribution in [-0.4, -0.2) is 23.3 Å². The Labute approximate surface area is 222 Å². The minimum Gasteiger partial charge on any atom is -0.337 e. The molecule has 0 saturated heterocycles. The maximum atomic E-state index is 13.6. The molecule has 0 unspecified atom stereocenters. The van der Waals surface area contributed by atoms with E-state index in [1.54, 1.807) is 60.1 Å². The Morgan fingerprint density at radius 3 is 2.53 bits per heavy atom. The fraction of sp³-hybridized carbons (Fsp3) is 0.100. The van der Waals surface area contributed by atoms with E-state index in [9.17, 15) is 14.4 Å². The molecule has 0 atom stereocenters. The molecule has 7 nitrogen and oxygen atoms in total. The topological polar surface area (TPSA) is 77.8 Å². The zero-order chi connectivity index (χ0) is 26.4. The van der Waals surface area contributed by atoms with E-state index in [2.05, 4.69) is 0 Å². The molecule has 0 radical (unpaired) electrons. The van der Waals surface area contributed by atoms with Gasteiger partial charge in [-0.15, -0.1) is 0 Å². The lowest BCUT2D eigenvalue weighted by molar-refractivity contribution is -0.194. The Kier molecular flexibility index (Phi) is 5.94. The number of hydrogen-bond acceptors (Lipinski definition) is 5. The Balaban J connectivity index is 1.46. The van der Waals surface area contributed by atoms with Gasteiger partial charge >= 0.3 is 0 Å². The number of benzene rings is 4. The van der Waals surface area contributed by atoms with Crippen molar-refractivity contribution < 1.29 is 19.4 Å². The number of carbonyl (C=O) groups excluding carboxylic acids is 2. The van der Waals surface area contributed by atoms with Gasteiger partial charge in [-0.2, -0.15) is 4.89 Å². The molecule has 1 aliphatic heterocycles. The predicted octanol–water partition coefficient (Wildman–Crippen LogP) is 5.53. The number of halogens is 1. The number of anilines is 1. The van der Waals surface area contributed by atoms with E-state index in [0.717, 1.165) is 16.3 Å². The van der Waals surface area contributed by atoms with Crippen molar-refractivity contribution >= 4 is 50.7 Å². The van der Waals surface area contributed by atoms with Gasteiger partial charge in [0, 0.05) is 35.1 Å². The summed E-state index contributed by atoms with van der Waals surface area (Å²) in [4.78, 5) is 52.3. The number of nitrogens with zero attached hydrogens (tertiary/aromatic N) is 2. The van der Waals surface area contributed by atoms with Gasteiger partial charge in [-0.3, -0.25) is 14.4 Å². The SMILES string of the molecule is CN(C(=O)Cn1cc(C(=O)c2ccc3ccccc3c2)c(=O)c2cc3c(cc21)COO3)c1ccc(Cl)cc1. The van der Waals surface area contributed by atoms with Crippen LogP contribution in [0.2, 0.25) is 5.02 Å². The third-order valence-electron chi connectivity index (χ3n) is 6.78. The summed E-state index contributed by atoms with van der Waals surface area (Å²) in [6.45, 7) is 0.115. The second-order valence-electron chi connectivity index (χ2n) is 9.14. The first kappa shape index (κ1) is 23.9. The lowest BCUT2D eigenvalue weighted by Gasteiger charge is -2.20. The van der Waals surface area contributed by atoms with Gasteiger partial charge in [-0.05, 0) is 53.2 Å². The van der Waals surface area contributed by atoms with Gasteiger partial charge < -0.3 is 14.4 Å². The summed E-state index contributed by atoms with van der Waals surface area (Å²) >= 11 is 5.99. The van der Waals surface area contributed by atoms with Gasteiger partial charge in [0.05, 0.1) is 16.5 Å². The van der Waals surface area contributed by atoms with Crippen molar-refractivity contribution in [3.05, 3.63) is 117 Å². The van der Waals surface area contributed by atoms with Crippen molar-refractivity contribution in [3.8, 4) is 5.75 Å². The van der Waals surface area contributed by atoms with Crippen molar-refractivity contribution in [2.75, 3.05) is 11.9 Å². The first-order chi connectivity index (χ1) is 18.4. The Hall–Kier alpha value is -4.46. The minimum absolute atomic E-state index is 0.0337. The number of rotatable bonds is 5. The summed E-state index contributed by atoms with van der Waals surface area (Å²) in [6, 6.07) is 23.3. The van der Waals surface area contributed by atoms with Crippen molar-refractivity contribution in [1.29, 1.82) is 0 Å². The Bertz CT molecular complexity index is 1810. The third kappa shape index (κ3) is 4.22. The minimum atomic E-state index is -0.439. The molecule has 0 bridgehead atoms. The van der Waals surface area contributed by atoms with E-state index in [-0.39, 0.29) is 30.0 Å². The molecule has 6 rings (SSSR count).